The van der Waals surface area contributed by atoms with Gasteiger partial charge in [-0.2, -0.15) is 0 Å². The minimum Gasteiger partial charge on any atom is -0.355 e. The first-order chi connectivity index (χ1) is 12.6. The van der Waals surface area contributed by atoms with Crippen LogP contribution in [0.2, 0.25) is 0 Å². The Bertz CT molecular complexity index is 863. The lowest BCUT2D eigenvalue weighted by molar-refractivity contribution is -0.120. The van der Waals surface area contributed by atoms with Gasteiger partial charge in [-0.25, -0.2) is 13.8 Å². The Morgan fingerprint density at radius 1 is 1.00 bits per heavy atom. The summed E-state index contributed by atoms with van der Waals surface area (Å²) in [5, 5.41) is 8.36. The van der Waals surface area contributed by atoms with Gasteiger partial charge in [0, 0.05) is 17.6 Å². The van der Waals surface area contributed by atoms with E-state index in [0.717, 1.165) is 11.3 Å². The first-order valence-electron chi connectivity index (χ1n) is 8.06. The van der Waals surface area contributed by atoms with E-state index < -0.39 is 0 Å². The molecule has 1 amide bonds. The SMILES string of the molecule is O=C(Cc1csc(Nc2ccc(F)cc2)n1)NCCc1ccc(F)cc1. The summed E-state index contributed by atoms with van der Waals surface area (Å²) in [6.45, 7) is 0.481. The maximum absolute atomic E-state index is 12.9. The highest BCUT2D eigenvalue weighted by atomic mass is 32.1. The molecule has 0 radical (unpaired) electrons. The molecule has 0 spiro atoms. The van der Waals surface area contributed by atoms with E-state index in [1.54, 1.807) is 24.3 Å². The maximum Gasteiger partial charge on any atom is 0.226 e. The first-order valence-corrected chi connectivity index (χ1v) is 8.94. The van der Waals surface area contributed by atoms with Crippen molar-refractivity contribution in [2.45, 2.75) is 12.8 Å². The number of rotatable bonds is 7. The Balaban J connectivity index is 1.45. The van der Waals surface area contributed by atoms with E-state index in [-0.39, 0.29) is 24.0 Å². The van der Waals surface area contributed by atoms with Crippen LogP contribution in [0.3, 0.4) is 0 Å². The summed E-state index contributed by atoms with van der Waals surface area (Å²) in [4.78, 5) is 16.3. The average Bonchev–Trinajstić information content (AvgIpc) is 3.05. The molecule has 134 valence electrons. The van der Waals surface area contributed by atoms with Crippen LogP contribution in [0.15, 0.2) is 53.9 Å². The van der Waals surface area contributed by atoms with Crippen LogP contribution >= 0.6 is 11.3 Å². The van der Waals surface area contributed by atoms with E-state index in [1.165, 1.54) is 35.6 Å². The molecular weight excluding hydrogens is 356 g/mol. The molecule has 0 saturated heterocycles. The number of hydrogen-bond donors (Lipinski definition) is 2. The quantitative estimate of drug-likeness (QED) is 0.657. The highest BCUT2D eigenvalue weighted by Crippen LogP contribution is 2.21. The van der Waals surface area contributed by atoms with Crippen molar-refractivity contribution in [3.8, 4) is 0 Å². The summed E-state index contributed by atoms with van der Waals surface area (Å²) in [6, 6.07) is 12.2. The summed E-state index contributed by atoms with van der Waals surface area (Å²) >= 11 is 1.38. The molecule has 2 N–H and O–H groups in total. The lowest BCUT2D eigenvalue weighted by Crippen LogP contribution is -2.27. The summed E-state index contributed by atoms with van der Waals surface area (Å²) in [5.74, 6) is -0.690. The molecule has 26 heavy (non-hydrogen) atoms. The second-order valence-corrected chi connectivity index (χ2v) is 6.54. The van der Waals surface area contributed by atoms with Crippen LogP contribution in [-0.4, -0.2) is 17.4 Å². The lowest BCUT2D eigenvalue weighted by Gasteiger charge is -2.04. The third-order valence-corrected chi connectivity index (χ3v) is 4.44. The summed E-state index contributed by atoms with van der Waals surface area (Å²) < 4.78 is 25.7. The van der Waals surface area contributed by atoms with E-state index in [0.29, 0.717) is 23.8 Å². The smallest absolute Gasteiger partial charge is 0.226 e. The highest BCUT2D eigenvalue weighted by molar-refractivity contribution is 7.13. The topological polar surface area (TPSA) is 54.0 Å². The number of hydrogen-bond acceptors (Lipinski definition) is 4. The van der Waals surface area contributed by atoms with Crippen molar-refractivity contribution in [2.75, 3.05) is 11.9 Å². The molecule has 3 rings (SSSR count). The number of carbonyl (C=O) groups excluding carboxylic acids is 1. The van der Waals surface area contributed by atoms with Crippen LogP contribution in [0, 0.1) is 11.6 Å². The number of amides is 1. The predicted molar refractivity (Wildman–Crippen MR) is 98.6 cm³/mol. The normalized spacial score (nSPS) is 10.5. The average molecular weight is 373 g/mol. The number of aromatic nitrogens is 1. The van der Waals surface area contributed by atoms with Gasteiger partial charge in [-0.05, 0) is 48.4 Å². The number of carbonyl (C=O) groups is 1. The van der Waals surface area contributed by atoms with E-state index in [9.17, 15) is 13.6 Å². The van der Waals surface area contributed by atoms with Crippen LogP contribution in [0.25, 0.3) is 0 Å². The van der Waals surface area contributed by atoms with Crippen molar-refractivity contribution in [3.63, 3.8) is 0 Å². The van der Waals surface area contributed by atoms with Crippen molar-refractivity contribution in [1.82, 2.24) is 10.3 Å². The van der Waals surface area contributed by atoms with Crippen LogP contribution in [0.5, 0.6) is 0 Å². The van der Waals surface area contributed by atoms with Gasteiger partial charge < -0.3 is 10.6 Å². The molecule has 0 atom stereocenters. The Kier molecular flexibility index (Phi) is 5.91. The molecule has 0 bridgehead atoms. The van der Waals surface area contributed by atoms with Crippen LogP contribution in [-0.2, 0) is 17.6 Å². The molecule has 2 aromatic carbocycles. The molecular formula is C19H17F2N3OS. The molecule has 0 saturated carbocycles. The van der Waals surface area contributed by atoms with Gasteiger partial charge in [0.2, 0.25) is 5.91 Å². The molecule has 1 aromatic heterocycles. The fourth-order valence-electron chi connectivity index (χ4n) is 2.33. The zero-order valence-electron chi connectivity index (χ0n) is 13.8. The predicted octanol–water partition coefficient (Wildman–Crippen LogP) is 4.07. The molecule has 4 nitrogen and oxygen atoms in total. The summed E-state index contributed by atoms with van der Waals surface area (Å²) in [6.07, 6.45) is 0.825. The minimum atomic E-state index is -0.298. The zero-order valence-corrected chi connectivity index (χ0v) is 14.7. The number of thiazole rings is 1. The third kappa shape index (κ3) is 5.35. The molecule has 1 heterocycles. The molecule has 0 unspecified atom stereocenters. The zero-order chi connectivity index (χ0) is 18.4. The Morgan fingerprint density at radius 2 is 1.65 bits per heavy atom. The Labute approximate surface area is 153 Å². The van der Waals surface area contributed by atoms with Gasteiger partial charge in [0.05, 0.1) is 12.1 Å². The number of nitrogens with zero attached hydrogens (tertiary/aromatic N) is 1. The molecule has 3 aromatic rings. The Morgan fingerprint density at radius 3 is 2.35 bits per heavy atom. The summed E-state index contributed by atoms with van der Waals surface area (Å²) in [5.41, 5.74) is 2.36. The van der Waals surface area contributed by atoms with Gasteiger partial charge in [-0.1, -0.05) is 12.1 Å². The second kappa shape index (κ2) is 8.53. The molecule has 7 heteroatoms. The van der Waals surface area contributed by atoms with Gasteiger partial charge in [-0.3, -0.25) is 4.79 Å². The van der Waals surface area contributed by atoms with E-state index >= 15 is 0 Å². The van der Waals surface area contributed by atoms with Crippen molar-refractivity contribution in [2.24, 2.45) is 0 Å². The maximum atomic E-state index is 12.9. The fourth-order valence-corrected chi connectivity index (χ4v) is 3.06. The van der Waals surface area contributed by atoms with Crippen molar-refractivity contribution < 1.29 is 13.6 Å². The van der Waals surface area contributed by atoms with Gasteiger partial charge >= 0.3 is 0 Å². The van der Waals surface area contributed by atoms with Gasteiger partial charge in [0.1, 0.15) is 11.6 Å². The minimum absolute atomic E-state index is 0.120. The summed E-state index contributed by atoms with van der Waals surface area (Å²) in [7, 11) is 0. The molecule has 0 fully saturated rings. The number of nitrogens with one attached hydrogen (secondary N) is 2. The van der Waals surface area contributed by atoms with Crippen molar-refractivity contribution in [3.05, 3.63) is 76.8 Å². The van der Waals surface area contributed by atoms with Crippen molar-refractivity contribution >= 4 is 28.1 Å². The van der Waals surface area contributed by atoms with E-state index in [4.69, 9.17) is 0 Å². The van der Waals surface area contributed by atoms with Gasteiger partial charge in [-0.15, -0.1) is 11.3 Å². The van der Waals surface area contributed by atoms with E-state index in [2.05, 4.69) is 15.6 Å². The first kappa shape index (κ1) is 18.0. The fraction of sp³-hybridized carbons (Fsp3) is 0.158. The third-order valence-electron chi connectivity index (χ3n) is 3.64. The Hall–Kier alpha value is -2.80. The molecule has 0 aliphatic rings. The van der Waals surface area contributed by atoms with Crippen LogP contribution < -0.4 is 10.6 Å². The molecule has 0 aliphatic heterocycles. The highest BCUT2D eigenvalue weighted by Gasteiger charge is 2.08. The molecule has 0 aliphatic carbocycles. The monoisotopic (exact) mass is 373 g/mol. The second-order valence-electron chi connectivity index (χ2n) is 5.68. The van der Waals surface area contributed by atoms with Crippen LogP contribution in [0.1, 0.15) is 11.3 Å². The van der Waals surface area contributed by atoms with Crippen molar-refractivity contribution in [1.29, 1.82) is 0 Å². The number of anilines is 2. The lowest BCUT2D eigenvalue weighted by atomic mass is 10.1. The van der Waals surface area contributed by atoms with Gasteiger partial charge in [0.25, 0.3) is 0 Å². The standard InChI is InChI=1S/C19H17F2N3OS/c20-14-3-1-13(2-4-14)9-10-22-18(25)11-17-12-26-19(24-17)23-16-7-5-15(21)6-8-16/h1-8,12H,9-11H2,(H,22,25)(H,23,24). The number of halogens is 2. The van der Waals surface area contributed by atoms with E-state index in [1.807, 2.05) is 5.38 Å². The largest absolute Gasteiger partial charge is 0.355 e. The number of benzene rings is 2. The van der Waals surface area contributed by atoms with Gasteiger partial charge in [0.15, 0.2) is 5.13 Å². The van der Waals surface area contributed by atoms with Crippen LogP contribution in [0.4, 0.5) is 19.6 Å².